The first-order valence-electron chi connectivity index (χ1n) is 6.68. The number of likely N-dealkylation sites (tertiary alicyclic amines) is 1. The fraction of sp³-hybridized carbons (Fsp3) is 1.00. The predicted octanol–water partition coefficient (Wildman–Crippen LogP) is 2.41. The van der Waals surface area contributed by atoms with Gasteiger partial charge in [0.2, 0.25) is 0 Å². The zero-order chi connectivity index (χ0) is 10.7. The number of piperidine rings is 1. The van der Waals surface area contributed by atoms with Gasteiger partial charge in [-0.1, -0.05) is 13.3 Å². The summed E-state index contributed by atoms with van der Waals surface area (Å²) in [6, 6.07) is 1.25. The van der Waals surface area contributed by atoms with E-state index in [1.807, 2.05) is 0 Å². The van der Waals surface area contributed by atoms with Crippen LogP contribution in [0.5, 0.6) is 0 Å². The van der Waals surface area contributed by atoms with Gasteiger partial charge in [-0.25, -0.2) is 0 Å². The average molecular weight is 211 g/mol. The van der Waals surface area contributed by atoms with E-state index in [9.17, 15) is 5.11 Å². The molecule has 0 radical (unpaired) electrons. The molecule has 2 fully saturated rings. The molecule has 15 heavy (non-hydrogen) atoms. The first-order chi connectivity index (χ1) is 7.31. The molecule has 1 aliphatic carbocycles. The lowest BCUT2D eigenvalue weighted by Gasteiger charge is -2.43. The summed E-state index contributed by atoms with van der Waals surface area (Å²) in [5.74, 6) is 0.929. The van der Waals surface area contributed by atoms with Crippen LogP contribution in [0.15, 0.2) is 0 Å². The van der Waals surface area contributed by atoms with E-state index in [2.05, 4.69) is 11.8 Å². The van der Waals surface area contributed by atoms with E-state index in [-0.39, 0.29) is 0 Å². The highest BCUT2D eigenvalue weighted by Crippen LogP contribution is 2.30. The standard InChI is InChI=1S/C13H25NO/c1-11-5-7-12(8-6-11)14-9-3-2-4-13(14)10-15/h11-13,15H,2-10H2,1H3. The zero-order valence-corrected chi connectivity index (χ0v) is 9.99. The molecule has 2 nitrogen and oxygen atoms in total. The Balaban J connectivity index is 1.90. The molecule has 1 saturated heterocycles. The van der Waals surface area contributed by atoms with Gasteiger partial charge in [0.15, 0.2) is 0 Å². The lowest BCUT2D eigenvalue weighted by atomic mass is 9.85. The van der Waals surface area contributed by atoms with Crippen LogP contribution in [0.2, 0.25) is 0 Å². The molecule has 88 valence electrons. The van der Waals surface area contributed by atoms with E-state index in [0.717, 1.165) is 12.0 Å². The molecule has 0 amide bonds. The van der Waals surface area contributed by atoms with Crippen molar-refractivity contribution in [2.24, 2.45) is 5.92 Å². The van der Waals surface area contributed by atoms with Crippen molar-refractivity contribution in [3.8, 4) is 0 Å². The molecule has 1 aliphatic heterocycles. The van der Waals surface area contributed by atoms with Crippen molar-refractivity contribution < 1.29 is 5.11 Å². The van der Waals surface area contributed by atoms with Crippen LogP contribution in [0, 0.1) is 5.92 Å². The number of rotatable bonds is 2. The van der Waals surface area contributed by atoms with Gasteiger partial charge in [-0.15, -0.1) is 0 Å². The monoisotopic (exact) mass is 211 g/mol. The molecule has 2 aliphatic rings. The summed E-state index contributed by atoms with van der Waals surface area (Å²) >= 11 is 0. The maximum Gasteiger partial charge on any atom is 0.0586 e. The van der Waals surface area contributed by atoms with Crippen LogP contribution >= 0.6 is 0 Å². The van der Waals surface area contributed by atoms with Crippen LogP contribution in [0.4, 0.5) is 0 Å². The fourth-order valence-corrected chi connectivity index (χ4v) is 3.27. The lowest BCUT2D eigenvalue weighted by Crippen LogP contribution is -2.49. The number of hydrogen-bond acceptors (Lipinski definition) is 2. The quantitative estimate of drug-likeness (QED) is 0.758. The normalized spacial score (nSPS) is 39.2. The predicted molar refractivity (Wildman–Crippen MR) is 62.9 cm³/mol. The molecular weight excluding hydrogens is 186 g/mol. The molecule has 2 rings (SSSR count). The molecule has 1 saturated carbocycles. The summed E-state index contributed by atoms with van der Waals surface area (Å²) in [6.07, 6.45) is 9.35. The van der Waals surface area contributed by atoms with Gasteiger partial charge in [-0.2, -0.15) is 0 Å². The fourth-order valence-electron chi connectivity index (χ4n) is 3.27. The van der Waals surface area contributed by atoms with Gasteiger partial charge >= 0.3 is 0 Å². The second kappa shape index (κ2) is 5.31. The van der Waals surface area contributed by atoms with Crippen molar-refractivity contribution in [3.05, 3.63) is 0 Å². The second-order valence-electron chi connectivity index (χ2n) is 5.48. The zero-order valence-electron chi connectivity index (χ0n) is 9.99. The topological polar surface area (TPSA) is 23.5 Å². The Hall–Kier alpha value is -0.0800. The van der Waals surface area contributed by atoms with Gasteiger partial charge in [0.05, 0.1) is 6.61 Å². The summed E-state index contributed by atoms with van der Waals surface area (Å²) in [7, 11) is 0. The molecule has 1 N–H and O–H groups in total. The van der Waals surface area contributed by atoms with Crippen molar-refractivity contribution in [2.75, 3.05) is 13.2 Å². The third-order valence-corrected chi connectivity index (χ3v) is 4.34. The van der Waals surface area contributed by atoms with Crippen LogP contribution in [0.3, 0.4) is 0 Å². The molecule has 1 atom stereocenters. The smallest absolute Gasteiger partial charge is 0.0586 e. The Labute approximate surface area is 93.7 Å². The molecule has 0 bridgehead atoms. The summed E-state index contributed by atoms with van der Waals surface area (Å²) in [5, 5.41) is 9.40. The molecule has 0 aromatic rings. The minimum absolute atomic E-state index is 0.367. The van der Waals surface area contributed by atoms with Crippen molar-refractivity contribution in [1.29, 1.82) is 0 Å². The molecule has 0 aromatic carbocycles. The molecule has 1 heterocycles. The average Bonchev–Trinajstić information content (AvgIpc) is 2.30. The summed E-state index contributed by atoms with van der Waals surface area (Å²) in [5.41, 5.74) is 0. The van der Waals surface area contributed by atoms with E-state index < -0.39 is 0 Å². The van der Waals surface area contributed by atoms with E-state index in [0.29, 0.717) is 12.6 Å². The summed E-state index contributed by atoms with van der Waals surface area (Å²) in [6.45, 7) is 3.96. The van der Waals surface area contributed by atoms with Gasteiger partial charge in [0, 0.05) is 12.1 Å². The Kier molecular flexibility index (Phi) is 4.04. The second-order valence-corrected chi connectivity index (χ2v) is 5.48. The van der Waals surface area contributed by atoms with Gasteiger partial charge in [0.1, 0.15) is 0 Å². The van der Waals surface area contributed by atoms with Crippen molar-refractivity contribution in [1.82, 2.24) is 4.90 Å². The van der Waals surface area contributed by atoms with Crippen LogP contribution in [0.1, 0.15) is 51.9 Å². The minimum atomic E-state index is 0.367. The largest absolute Gasteiger partial charge is 0.395 e. The first-order valence-corrected chi connectivity index (χ1v) is 6.68. The maximum absolute atomic E-state index is 9.40. The van der Waals surface area contributed by atoms with Gasteiger partial charge in [-0.3, -0.25) is 4.90 Å². The van der Waals surface area contributed by atoms with Crippen LogP contribution in [0.25, 0.3) is 0 Å². The highest BCUT2D eigenvalue weighted by Gasteiger charge is 2.30. The Morgan fingerprint density at radius 2 is 1.80 bits per heavy atom. The van der Waals surface area contributed by atoms with Gasteiger partial charge in [-0.05, 0) is 51.0 Å². The summed E-state index contributed by atoms with van der Waals surface area (Å²) < 4.78 is 0. The number of aliphatic hydroxyl groups excluding tert-OH is 1. The van der Waals surface area contributed by atoms with Crippen molar-refractivity contribution in [2.45, 2.75) is 64.0 Å². The lowest BCUT2D eigenvalue weighted by molar-refractivity contribution is 0.0330. The Bertz CT molecular complexity index is 187. The van der Waals surface area contributed by atoms with E-state index >= 15 is 0 Å². The molecule has 0 aromatic heterocycles. The van der Waals surface area contributed by atoms with Gasteiger partial charge < -0.3 is 5.11 Å². The number of nitrogens with zero attached hydrogens (tertiary/aromatic N) is 1. The van der Waals surface area contributed by atoms with Crippen LogP contribution in [-0.2, 0) is 0 Å². The van der Waals surface area contributed by atoms with Gasteiger partial charge in [0.25, 0.3) is 0 Å². The molecular formula is C13H25NO. The number of hydrogen-bond donors (Lipinski definition) is 1. The molecule has 1 unspecified atom stereocenters. The van der Waals surface area contributed by atoms with Crippen molar-refractivity contribution in [3.63, 3.8) is 0 Å². The first kappa shape index (κ1) is 11.4. The Morgan fingerprint density at radius 3 is 2.47 bits per heavy atom. The molecule has 2 heteroatoms. The molecule has 0 spiro atoms. The maximum atomic E-state index is 9.40. The van der Waals surface area contributed by atoms with Crippen LogP contribution < -0.4 is 0 Å². The SMILES string of the molecule is CC1CCC(N2CCCCC2CO)CC1. The third-order valence-electron chi connectivity index (χ3n) is 4.34. The van der Waals surface area contributed by atoms with E-state index in [4.69, 9.17) is 0 Å². The van der Waals surface area contributed by atoms with E-state index in [1.54, 1.807) is 0 Å². The highest BCUT2D eigenvalue weighted by molar-refractivity contribution is 4.85. The summed E-state index contributed by atoms with van der Waals surface area (Å²) in [4.78, 5) is 2.61. The van der Waals surface area contributed by atoms with Crippen molar-refractivity contribution >= 4 is 0 Å². The highest BCUT2D eigenvalue weighted by atomic mass is 16.3. The Morgan fingerprint density at radius 1 is 1.07 bits per heavy atom. The third kappa shape index (κ3) is 2.73. The minimum Gasteiger partial charge on any atom is -0.395 e. The van der Waals surface area contributed by atoms with E-state index in [1.165, 1.54) is 51.5 Å². The van der Waals surface area contributed by atoms with Crippen LogP contribution in [-0.4, -0.2) is 35.2 Å². The number of aliphatic hydroxyl groups is 1.